The van der Waals surface area contributed by atoms with Crippen molar-refractivity contribution >= 4 is 34.6 Å². The molecule has 0 fully saturated rings. The molecule has 6 heteroatoms. The number of nitrogens with one attached hydrogen (secondary N) is 1. The average Bonchev–Trinajstić information content (AvgIpc) is 3.36. The molecule has 1 amide bonds. The van der Waals surface area contributed by atoms with E-state index in [9.17, 15) is 4.79 Å². The summed E-state index contributed by atoms with van der Waals surface area (Å²) in [5.41, 5.74) is 7.56. The molecule has 148 valence electrons. The highest BCUT2D eigenvalue weighted by Crippen LogP contribution is 2.34. The van der Waals surface area contributed by atoms with Crippen LogP contribution in [-0.2, 0) is 17.8 Å². The molecule has 2 aliphatic rings. The summed E-state index contributed by atoms with van der Waals surface area (Å²) in [6.45, 7) is 2.57. The molecule has 30 heavy (non-hydrogen) atoms. The van der Waals surface area contributed by atoms with Gasteiger partial charge in [-0.25, -0.2) is 4.99 Å². The predicted molar refractivity (Wildman–Crippen MR) is 119 cm³/mol. The molecule has 1 atom stereocenters. The first-order valence-electron chi connectivity index (χ1n) is 9.84. The lowest BCUT2D eigenvalue weighted by Gasteiger charge is -2.15. The maximum Gasteiger partial charge on any atom is 0.266 e. The number of hydrogen-bond donors (Lipinski definition) is 1. The van der Waals surface area contributed by atoms with Gasteiger partial charge in [-0.15, -0.1) is 0 Å². The van der Waals surface area contributed by atoms with Crippen LogP contribution in [0.4, 0.5) is 5.69 Å². The van der Waals surface area contributed by atoms with Crippen LogP contribution in [0.3, 0.4) is 0 Å². The average molecular weight is 415 g/mol. The summed E-state index contributed by atoms with van der Waals surface area (Å²) in [6.07, 6.45) is 4.06. The van der Waals surface area contributed by atoms with E-state index in [0.717, 1.165) is 33.7 Å². The van der Waals surface area contributed by atoms with E-state index in [1.165, 1.54) is 5.56 Å². The molecule has 0 saturated heterocycles. The van der Waals surface area contributed by atoms with Gasteiger partial charge < -0.3 is 5.32 Å². The number of pyridine rings is 1. The number of amides is 1. The summed E-state index contributed by atoms with van der Waals surface area (Å²) in [5.74, 6) is -0.165. The molecule has 3 aromatic rings. The van der Waals surface area contributed by atoms with E-state index in [2.05, 4.69) is 27.4 Å². The summed E-state index contributed by atoms with van der Waals surface area (Å²) >= 11 is 6.26. The monoisotopic (exact) mass is 414 g/mol. The van der Waals surface area contributed by atoms with Crippen molar-refractivity contribution in [2.45, 2.75) is 25.9 Å². The van der Waals surface area contributed by atoms with Crippen LogP contribution in [0.1, 0.15) is 40.8 Å². The standard InChI is InChI=1S/C24H19ClN4O/c1-14(18-4-2-3-5-20(18)25)28-24(30)22-11-16-10-17-13-27-23(15-6-8-26-9-7-15)19(17)12-21(16)29-22/h2-10,12,14H,11,13H2,1H3,(H,28,30)/t14-/m1/s1. The van der Waals surface area contributed by atoms with Crippen LogP contribution >= 0.6 is 11.6 Å². The Morgan fingerprint density at radius 3 is 2.70 bits per heavy atom. The molecule has 2 aliphatic heterocycles. The van der Waals surface area contributed by atoms with E-state index in [4.69, 9.17) is 16.6 Å². The fourth-order valence-electron chi connectivity index (χ4n) is 3.97. The summed E-state index contributed by atoms with van der Waals surface area (Å²) < 4.78 is 0. The third-order valence-corrected chi connectivity index (χ3v) is 5.86. The molecule has 5 rings (SSSR count). The van der Waals surface area contributed by atoms with Crippen LogP contribution in [0.15, 0.2) is 70.9 Å². The number of carbonyl (C=O) groups is 1. The molecule has 1 aromatic heterocycles. The number of halogens is 1. The van der Waals surface area contributed by atoms with Crippen molar-refractivity contribution in [2.24, 2.45) is 9.98 Å². The zero-order valence-corrected chi connectivity index (χ0v) is 17.1. The van der Waals surface area contributed by atoms with Gasteiger partial charge in [0.2, 0.25) is 0 Å². The van der Waals surface area contributed by atoms with Gasteiger partial charge in [0.25, 0.3) is 5.91 Å². The molecule has 5 nitrogen and oxygen atoms in total. The van der Waals surface area contributed by atoms with Gasteiger partial charge in [-0.3, -0.25) is 14.8 Å². The summed E-state index contributed by atoms with van der Waals surface area (Å²) in [6, 6.07) is 15.4. The molecular formula is C24H19ClN4O. The van der Waals surface area contributed by atoms with Crippen molar-refractivity contribution in [2.75, 3.05) is 0 Å². The van der Waals surface area contributed by atoms with E-state index >= 15 is 0 Å². The Labute approximate surface area is 179 Å². The number of nitrogens with zero attached hydrogens (tertiary/aromatic N) is 3. The minimum Gasteiger partial charge on any atom is -0.344 e. The zero-order chi connectivity index (χ0) is 20.7. The maximum absolute atomic E-state index is 12.8. The number of aliphatic imine (C=N–C) groups is 2. The molecule has 0 radical (unpaired) electrons. The van der Waals surface area contributed by atoms with Crippen molar-refractivity contribution in [3.8, 4) is 0 Å². The lowest BCUT2D eigenvalue weighted by molar-refractivity contribution is -0.115. The van der Waals surface area contributed by atoms with Crippen molar-refractivity contribution in [3.05, 3.63) is 93.8 Å². The van der Waals surface area contributed by atoms with Crippen LogP contribution in [0.2, 0.25) is 5.02 Å². The van der Waals surface area contributed by atoms with Crippen molar-refractivity contribution in [1.29, 1.82) is 0 Å². The van der Waals surface area contributed by atoms with E-state index in [-0.39, 0.29) is 11.9 Å². The second kappa shape index (κ2) is 7.50. The Morgan fingerprint density at radius 1 is 1.10 bits per heavy atom. The third-order valence-electron chi connectivity index (χ3n) is 5.52. The van der Waals surface area contributed by atoms with Gasteiger partial charge in [-0.05, 0) is 47.9 Å². The highest BCUT2D eigenvalue weighted by Gasteiger charge is 2.26. The lowest BCUT2D eigenvalue weighted by Crippen LogP contribution is -2.33. The molecule has 0 spiro atoms. The van der Waals surface area contributed by atoms with Gasteiger partial charge >= 0.3 is 0 Å². The fourth-order valence-corrected chi connectivity index (χ4v) is 4.27. The van der Waals surface area contributed by atoms with Crippen molar-refractivity contribution in [3.63, 3.8) is 0 Å². The van der Waals surface area contributed by atoms with Crippen LogP contribution in [0, 0.1) is 0 Å². The number of aromatic nitrogens is 1. The Bertz CT molecular complexity index is 1220. The second-order valence-corrected chi connectivity index (χ2v) is 7.90. The lowest BCUT2D eigenvalue weighted by atomic mass is 9.97. The van der Waals surface area contributed by atoms with Crippen molar-refractivity contribution in [1.82, 2.24) is 10.3 Å². The molecule has 0 unspecified atom stereocenters. The smallest absolute Gasteiger partial charge is 0.266 e. The number of rotatable bonds is 4. The highest BCUT2D eigenvalue weighted by atomic mass is 35.5. The number of carbonyl (C=O) groups excluding carboxylic acids is 1. The SMILES string of the molecule is C[C@@H](NC(=O)C1=Nc2cc3c(cc2C1)CN=C3c1ccncc1)c1ccccc1Cl. The van der Waals surface area contributed by atoms with Gasteiger partial charge in [-0.2, -0.15) is 0 Å². The molecule has 1 N–H and O–H groups in total. The van der Waals surface area contributed by atoms with E-state index < -0.39 is 0 Å². The molecule has 3 heterocycles. The minimum absolute atomic E-state index is 0.165. The van der Waals surface area contributed by atoms with Gasteiger partial charge in [0, 0.05) is 35.0 Å². The minimum atomic E-state index is -0.201. The summed E-state index contributed by atoms with van der Waals surface area (Å²) in [7, 11) is 0. The molecule has 0 aliphatic carbocycles. The Hall–Kier alpha value is -3.31. The topological polar surface area (TPSA) is 66.7 Å². The first kappa shape index (κ1) is 18.7. The molecule has 2 aromatic carbocycles. The van der Waals surface area contributed by atoms with Crippen molar-refractivity contribution < 1.29 is 4.79 Å². The predicted octanol–water partition coefficient (Wildman–Crippen LogP) is 4.59. The molecule has 0 bridgehead atoms. The van der Waals surface area contributed by atoms with Gasteiger partial charge in [0.15, 0.2) is 0 Å². The summed E-state index contributed by atoms with van der Waals surface area (Å²) in [5, 5.41) is 3.66. The fraction of sp³-hybridized carbons (Fsp3) is 0.167. The third kappa shape index (κ3) is 3.31. The van der Waals surface area contributed by atoms with E-state index in [0.29, 0.717) is 23.7 Å². The van der Waals surface area contributed by atoms with E-state index in [1.54, 1.807) is 12.4 Å². The Kier molecular flexibility index (Phi) is 4.68. The largest absolute Gasteiger partial charge is 0.344 e. The zero-order valence-electron chi connectivity index (χ0n) is 16.4. The quantitative estimate of drug-likeness (QED) is 0.678. The number of hydrogen-bond acceptors (Lipinski definition) is 4. The van der Waals surface area contributed by atoms with Crippen LogP contribution in [0.25, 0.3) is 0 Å². The Morgan fingerprint density at radius 2 is 1.90 bits per heavy atom. The van der Waals surface area contributed by atoms with Crippen LogP contribution in [-0.4, -0.2) is 22.3 Å². The summed E-state index contributed by atoms with van der Waals surface area (Å²) in [4.78, 5) is 26.2. The Balaban J connectivity index is 1.38. The highest BCUT2D eigenvalue weighted by molar-refractivity contribution is 6.41. The number of benzene rings is 2. The first-order chi connectivity index (χ1) is 14.6. The second-order valence-electron chi connectivity index (χ2n) is 7.49. The molecular weight excluding hydrogens is 396 g/mol. The van der Waals surface area contributed by atoms with Crippen LogP contribution < -0.4 is 5.32 Å². The number of fused-ring (bicyclic) bond motifs is 2. The van der Waals surface area contributed by atoms with Crippen LogP contribution in [0.5, 0.6) is 0 Å². The van der Waals surface area contributed by atoms with Gasteiger partial charge in [0.05, 0.1) is 24.0 Å². The maximum atomic E-state index is 12.8. The van der Waals surface area contributed by atoms with E-state index in [1.807, 2.05) is 43.3 Å². The van der Waals surface area contributed by atoms with Gasteiger partial charge in [-0.1, -0.05) is 35.9 Å². The normalized spacial score (nSPS) is 15.1. The van der Waals surface area contributed by atoms with Gasteiger partial charge in [0.1, 0.15) is 5.71 Å². The molecule has 0 saturated carbocycles. The first-order valence-corrected chi connectivity index (χ1v) is 10.2.